The monoisotopic (exact) mass is 160 g/mol. The maximum absolute atomic E-state index is 11.6. The van der Waals surface area contributed by atoms with Crippen LogP contribution in [0.5, 0.6) is 0 Å². The first kappa shape index (κ1) is 7.53. The summed E-state index contributed by atoms with van der Waals surface area (Å²) in [7, 11) is 0. The maximum Gasteiger partial charge on any atom is 0.184 e. The van der Waals surface area contributed by atoms with Crippen molar-refractivity contribution in [1.29, 1.82) is 0 Å². The third kappa shape index (κ3) is 0.970. The van der Waals surface area contributed by atoms with E-state index >= 15 is 0 Å². The Bertz CT molecular complexity index is 305. The van der Waals surface area contributed by atoms with Crippen molar-refractivity contribution < 1.29 is 4.79 Å². The van der Waals surface area contributed by atoms with E-state index in [1.54, 1.807) is 0 Å². The lowest BCUT2D eigenvalue weighted by Crippen LogP contribution is -2.18. The quantitative estimate of drug-likeness (QED) is 0.567. The zero-order valence-corrected chi connectivity index (χ0v) is 7.10. The molecule has 0 saturated heterocycles. The van der Waals surface area contributed by atoms with Gasteiger partial charge in [0.1, 0.15) is 0 Å². The van der Waals surface area contributed by atoms with E-state index in [1.165, 1.54) is 5.57 Å². The van der Waals surface area contributed by atoms with E-state index in [0.29, 0.717) is 0 Å². The molecular formula is C11H12O. The summed E-state index contributed by atoms with van der Waals surface area (Å²) in [5.74, 6) is 0.280. The molecule has 0 N–H and O–H groups in total. The molecule has 2 bridgehead atoms. The first-order valence-electron chi connectivity index (χ1n) is 4.38. The molecule has 0 radical (unpaired) electrons. The molecule has 0 heterocycles. The molecule has 0 atom stereocenters. The Labute approximate surface area is 72.5 Å². The van der Waals surface area contributed by atoms with Crippen molar-refractivity contribution in [2.75, 3.05) is 0 Å². The number of hydrogen-bond acceptors (Lipinski definition) is 1. The molecule has 0 aromatic heterocycles. The molecule has 0 aliphatic heterocycles. The molecule has 3 rings (SSSR count). The van der Waals surface area contributed by atoms with Crippen LogP contribution in [0.3, 0.4) is 0 Å². The number of Topliss-reactive ketones (excluding diaryl/α,β-unsaturated/α-hetero) is 1. The lowest BCUT2D eigenvalue weighted by Gasteiger charge is -2.25. The summed E-state index contributed by atoms with van der Waals surface area (Å²) in [5, 5.41) is 0. The van der Waals surface area contributed by atoms with E-state index in [0.717, 1.165) is 36.8 Å². The summed E-state index contributed by atoms with van der Waals surface area (Å²) in [5.41, 5.74) is 3.39. The van der Waals surface area contributed by atoms with Gasteiger partial charge in [-0.15, -0.1) is 6.58 Å². The van der Waals surface area contributed by atoms with Crippen LogP contribution >= 0.6 is 0 Å². The smallest absolute Gasteiger partial charge is 0.184 e. The van der Waals surface area contributed by atoms with Crippen LogP contribution in [-0.2, 0) is 4.79 Å². The zero-order chi connectivity index (χ0) is 8.55. The lowest BCUT2D eigenvalue weighted by atomic mass is 9.78. The summed E-state index contributed by atoms with van der Waals surface area (Å²) in [6.07, 6.45) is 7.72. The summed E-state index contributed by atoms with van der Waals surface area (Å²) in [6, 6.07) is 0. The van der Waals surface area contributed by atoms with Crippen molar-refractivity contribution in [3.05, 3.63) is 35.5 Å². The van der Waals surface area contributed by atoms with Gasteiger partial charge in [0.25, 0.3) is 0 Å². The van der Waals surface area contributed by atoms with Gasteiger partial charge in [-0.25, -0.2) is 0 Å². The van der Waals surface area contributed by atoms with Gasteiger partial charge in [0.2, 0.25) is 0 Å². The molecule has 3 aliphatic carbocycles. The van der Waals surface area contributed by atoms with Crippen molar-refractivity contribution in [2.45, 2.75) is 25.7 Å². The van der Waals surface area contributed by atoms with Crippen molar-refractivity contribution in [3.63, 3.8) is 0 Å². The van der Waals surface area contributed by atoms with Crippen LogP contribution in [0.25, 0.3) is 0 Å². The van der Waals surface area contributed by atoms with Crippen LogP contribution in [0.1, 0.15) is 25.7 Å². The Balaban J connectivity index is 2.37. The van der Waals surface area contributed by atoms with Gasteiger partial charge in [0.05, 0.1) is 0 Å². The number of ketones is 1. The minimum Gasteiger partial charge on any atom is -0.289 e. The van der Waals surface area contributed by atoms with Gasteiger partial charge in [-0.2, -0.15) is 0 Å². The first-order valence-corrected chi connectivity index (χ1v) is 4.38. The van der Waals surface area contributed by atoms with Crippen LogP contribution in [0.4, 0.5) is 0 Å². The lowest BCUT2D eigenvalue weighted by molar-refractivity contribution is -0.112. The van der Waals surface area contributed by atoms with Crippen molar-refractivity contribution in [2.24, 2.45) is 0 Å². The Morgan fingerprint density at radius 1 is 1.50 bits per heavy atom. The van der Waals surface area contributed by atoms with Gasteiger partial charge < -0.3 is 0 Å². The predicted molar refractivity (Wildman–Crippen MR) is 48.8 cm³/mol. The van der Waals surface area contributed by atoms with Crippen molar-refractivity contribution in [3.8, 4) is 0 Å². The number of carbonyl (C=O) groups is 1. The minimum absolute atomic E-state index is 0.280. The fourth-order valence-corrected chi connectivity index (χ4v) is 1.95. The van der Waals surface area contributed by atoms with E-state index < -0.39 is 0 Å². The predicted octanol–water partition coefficient (Wildman–Crippen LogP) is 2.55. The number of fused-ring (bicyclic) bond motifs is 3. The SMILES string of the molecule is C=CCC1=C2CC=C(CC2)C1=O. The van der Waals surface area contributed by atoms with Gasteiger partial charge in [0.15, 0.2) is 5.78 Å². The second-order valence-corrected chi connectivity index (χ2v) is 3.34. The number of allylic oxidation sites excluding steroid dienone is 5. The molecule has 12 heavy (non-hydrogen) atoms. The number of rotatable bonds is 2. The van der Waals surface area contributed by atoms with Gasteiger partial charge in [-0.1, -0.05) is 17.7 Å². The van der Waals surface area contributed by atoms with E-state index in [4.69, 9.17) is 0 Å². The van der Waals surface area contributed by atoms with Gasteiger partial charge in [-0.3, -0.25) is 4.79 Å². The highest BCUT2D eigenvalue weighted by Gasteiger charge is 2.26. The first-order chi connectivity index (χ1) is 5.83. The molecule has 0 amide bonds. The second kappa shape index (κ2) is 2.74. The molecule has 0 aromatic rings. The molecular weight excluding hydrogens is 148 g/mol. The third-order valence-electron chi connectivity index (χ3n) is 2.63. The summed E-state index contributed by atoms with van der Waals surface area (Å²) in [6.45, 7) is 3.67. The zero-order valence-electron chi connectivity index (χ0n) is 7.10. The minimum atomic E-state index is 0.280. The standard InChI is InChI=1S/C11H12O/c1-2-3-10-8-4-6-9(7-5-8)11(10)12/h2,6H,1,3-5,7H2. The van der Waals surface area contributed by atoms with Crippen LogP contribution in [0.15, 0.2) is 35.5 Å². The molecule has 0 fully saturated rings. The Kier molecular flexibility index (Phi) is 1.72. The Morgan fingerprint density at radius 3 is 2.83 bits per heavy atom. The van der Waals surface area contributed by atoms with Crippen LogP contribution in [0, 0.1) is 0 Å². The average Bonchev–Trinajstić information content (AvgIpc) is 2.12. The average molecular weight is 160 g/mol. The largest absolute Gasteiger partial charge is 0.289 e. The molecule has 1 nitrogen and oxygen atoms in total. The molecule has 0 aromatic carbocycles. The molecule has 3 aliphatic rings. The highest BCUT2D eigenvalue weighted by Crippen LogP contribution is 2.35. The summed E-state index contributed by atoms with van der Waals surface area (Å²) in [4.78, 5) is 11.6. The Hall–Kier alpha value is -1.11. The fourth-order valence-electron chi connectivity index (χ4n) is 1.95. The fraction of sp³-hybridized carbons (Fsp3) is 0.364. The van der Waals surface area contributed by atoms with E-state index in [2.05, 4.69) is 12.7 Å². The molecule has 62 valence electrons. The van der Waals surface area contributed by atoms with Gasteiger partial charge >= 0.3 is 0 Å². The van der Waals surface area contributed by atoms with Gasteiger partial charge in [0, 0.05) is 5.57 Å². The van der Waals surface area contributed by atoms with Crippen molar-refractivity contribution >= 4 is 5.78 Å². The van der Waals surface area contributed by atoms with Crippen LogP contribution in [0.2, 0.25) is 0 Å². The van der Waals surface area contributed by atoms with E-state index in [-0.39, 0.29) is 5.78 Å². The van der Waals surface area contributed by atoms with E-state index in [9.17, 15) is 4.79 Å². The normalized spacial score (nSPS) is 21.3. The second-order valence-electron chi connectivity index (χ2n) is 3.34. The molecule has 1 heteroatoms. The van der Waals surface area contributed by atoms with Gasteiger partial charge in [-0.05, 0) is 31.3 Å². The third-order valence-corrected chi connectivity index (χ3v) is 2.63. The number of carbonyl (C=O) groups excluding carboxylic acids is 1. The summed E-state index contributed by atoms with van der Waals surface area (Å²) < 4.78 is 0. The Morgan fingerprint density at radius 2 is 2.33 bits per heavy atom. The molecule has 0 spiro atoms. The molecule has 0 saturated carbocycles. The number of hydrogen-bond donors (Lipinski definition) is 0. The summed E-state index contributed by atoms with van der Waals surface area (Å²) >= 11 is 0. The van der Waals surface area contributed by atoms with E-state index in [1.807, 2.05) is 6.08 Å². The molecule has 0 unspecified atom stereocenters. The topological polar surface area (TPSA) is 17.1 Å². The highest BCUT2D eigenvalue weighted by atomic mass is 16.1. The maximum atomic E-state index is 11.6. The van der Waals surface area contributed by atoms with Crippen LogP contribution < -0.4 is 0 Å². The van der Waals surface area contributed by atoms with Crippen molar-refractivity contribution in [1.82, 2.24) is 0 Å². The van der Waals surface area contributed by atoms with Crippen LogP contribution in [-0.4, -0.2) is 5.78 Å². The highest BCUT2D eigenvalue weighted by molar-refractivity contribution is 6.10.